The van der Waals surface area contributed by atoms with Crippen molar-refractivity contribution in [3.8, 4) is 5.88 Å². The second-order valence-electron chi connectivity index (χ2n) is 4.38. The van der Waals surface area contributed by atoms with Gasteiger partial charge in [0.25, 0.3) is 0 Å². The van der Waals surface area contributed by atoms with Crippen LogP contribution >= 0.6 is 0 Å². The minimum Gasteiger partial charge on any atom is -0.477 e. The lowest BCUT2D eigenvalue weighted by molar-refractivity contribution is 0.243. The molecule has 4 nitrogen and oxygen atoms in total. The Morgan fingerprint density at radius 1 is 1.38 bits per heavy atom. The molecule has 2 rings (SSSR count). The lowest BCUT2D eigenvalue weighted by atomic mass is 10.1. The first-order valence-corrected chi connectivity index (χ1v) is 5.94. The minimum absolute atomic E-state index is 0.626. The summed E-state index contributed by atoms with van der Waals surface area (Å²) in [6.07, 6.45) is 5.28. The van der Waals surface area contributed by atoms with Gasteiger partial charge in [-0.15, -0.1) is 0 Å². The number of hydrogen-bond acceptors (Lipinski definition) is 4. The van der Waals surface area contributed by atoms with Crippen molar-refractivity contribution in [2.75, 3.05) is 19.0 Å². The number of aromatic nitrogens is 2. The van der Waals surface area contributed by atoms with Gasteiger partial charge in [0.15, 0.2) is 0 Å². The first-order chi connectivity index (χ1) is 7.78. The Morgan fingerprint density at radius 2 is 2.12 bits per heavy atom. The van der Waals surface area contributed by atoms with E-state index in [9.17, 15) is 0 Å². The maximum atomic E-state index is 5.72. The fraction of sp³-hybridized carbons (Fsp3) is 0.667. The van der Waals surface area contributed by atoms with Crippen LogP contribution in [0.3, 0.4) is 0 Å². The highest BCUT2D eigenvalue weighted by atomic mass is 16.5. The van der Waals surface area contributed by atoms with Crippen molar-refractivity contribution in [2.24, 2.45) is 5.92 Å². The normalized spacial score (nSPS) is 16.4. The van der Waals surface area contributed by atoms with E-state index in [1.54, 1.807) is 0 Å². The number of hydrogen-bond donors (Lipinski definition) is 1. The van der Waals surface area contributed by atoms with Crippen molar-refractivity contribution >= 4 is 5.95 Å². The zero-order valence-electron chi connectivity index (χ0n) is 9.99. The molecule has 0 amide bonds. The molecule has 0 aliphatic heterocycles. The van der Waals surface area contributed by atoms with Gasteiger partial charge in [0.05, 0.1) is 6.61 Å². The second-order valence-corrected chi connectivity index (χ2v) is 4.38. The molecule has 4 heteroatoms. The van der Waals surface area contributed by atoms with Crippen molar-refractivity contribution in [3.05, 3.63) is 11.8 Å². The lowest BCUT2D eigenvalue weighted by Gasteiger charge is -2.11. The summed E-state index contributed by atoms with van der Waals surface area (Å²) in [6, 6.07) is 1.88. The topological polar surface area (TPSA) is 47.0 Å². The van der Waals surface area contributed by atoms with Crippen LogP contribution in [0.2, 0.25) is 0 Å². The molecule has 1 aromatic heterocycles. The molecule has 1 aliphatic rings. The van der Waals surface area contributed by atoms with Gasteiger partial charge in [-0.05, 0) is 25.7 Å². The van der Waals surface area contributed by atoms with Gasteiger partial charge in [-0.3, -0.25) is 0 Å². The van der Waals surface area contributed by atoms with E-state index in [1.807, 2.05) is 20.0 Å². The minimum atomic E-state index is 0.626. The molecule has 0 saturated heterocycles. The predicted octanol–water partition coefficient (Wildman–Crippen LogP) is 2.40. The van der Waals surface area contributed by atoms with Gasteiger partial charge in [-0.1, -0.05) is 12.8 Å². The highest BCUT2D eigenvalue weighted by Gasteiger charge is 2.15. The molecule has 1 N–H and O–H groups in total. The summed E-state index contributed by atoms with van der Waals surface area (Å²) in [5.74, 6) is 2.03. The summed E-state index contributed by atoms with van der Waals surface area (Å²) < 4.78 is 5.72. The standard InChI is InChI=1S/C12H19N3O/c1-9-7-11(15-12(13-2)14-9)16-8-10-5-3-4-6-10/h7,10H,3-6,8H2,1-2H3,(H,13,14,15). The number of nitrogens with one attached hydrogen (secondary N) is 1. The van der Waals surface area contributed by atoms with Gasteiger partial charge in [0.1, 0.15) is 0 Å². The van der Waals surface area contributed by atoms with E-state index >= 15 is 0 Å². The van der Waals surface area contributed by atoms with E-state index in [0.29, 0.717) is 17.7 Å². The lowest BCUT2D eigenvalue weighted by Crippen LogP contribution is -2.10. The molecule has 1 fully saturated rings. The maximum Gasteiger partial charge on any atom is 0.225 e. The quantitative estimate of drug-likeness (QED) is 0.848. The zero-order chi connectivity index (χ0) is 11.4. The summed E-state index contributed by atoms with van der Waals surface area (Å²) in [6.45, 7) is 2.74. The van der Waals surface area contributed by atoms with Gasteiger partial charge in [0.2, 0.25) is 11.8 Å². The molecule has 0 unspecified atom stereocenters. The molecule has 0 atom stereocenters. The third-order valence-electron chi connectivity index (χ3n) is 3.00. The summed E-state index contributed by atoms with van der Waals surface area (Å²) in [4.78, 5) is 8.50. The molecule has 0 radical (unpaired) electrons. The monoisotopic (exact) mass is 221 g/mol. The van der Waals surface area contributed by atoms with Crippen molar-refractivity contribution in [1.29, 1.82) is 0 Å². The van der Waals surface area contributed by atoms with Crippen LogP contribution in [0.5, 0.6) is 5.88 Å². The Labute approximate surface area is 96.4 Å². The third-order valence-corrected chi connectivity index (χ3v) is 3.00. The molecule has 88 valence electrons. The molecule has 1 saturated carbocycles. The Morgan fingerprint density at radius 3 is 2.81 bits per heavy atom. The van der Waals surface area contributed by atoms with E-state index < -0.39 is 0 Å². The number of ether oxygens (including phenoxy) is 1. The van der Waals surface area contributed by atoms with E-state index in [2.05, 4.69) is 15.3 Å². The molecule has 1 aliphatic carbocycles. The van der Waals surface area contributed by atoms with Gasteiger partial charge >= 0.3 is 0 Å². The molecule has 0 bridgehead atoms. The molecule has 0 aromatic carbocycles. The van der Waals surface area contributed by atoms with Crippen molar-refractivity contribution < 1.29 is 4.74 Å². The smallest absolute Gasteiger partial charge is 0.225 e. The number of nitrogens with zero attached hydrogens (tertiary/aromatic N) is 2. The average Bonchev–Trinajstić information content (AvgIpc) is 2.78. The molecular formula is C12H19N3O. The van der Waals surface area contributed by atoms with E-state index in [-0.39, 0.29) is 0 Å². The van der Waals surface area contributed by atoms with Crippen LogP contribution in [0.4, 0.5) is 5.95 Å². The summed E-state index contributed by atoms with van der Waals surface area (Å²) in [5, 5.41) is 2.93. The van der Waals surface area contributed by atoms with Crippen LogP contribution in [0, 0.1) is 12.8 Å². The number of rotatable bonds is 4. The van der Waals surface area contributed by atoms with E-state index in [1.165, 1.54) is 25.7 Å². The van der Waals surface area contributed by atoms with Crippen LogP contribution in [0.1, 0.15) is 31.4 Å². The van der Waals surface area contributed by atoms with Gasteiger partial charge in [-0.25, -0.2) is 4.98 Å². The largest absolute Gasteiger partial charge is 0.477 e. The van der Waals surface area contributed by atoms with Crippen LogP contribution < -0.4 is 10.1 Å². The predicted molar refractivity (Wildman–Crippen MR) is 63.8 cm³/mol. The number of aryl methyl sites for hydroxylation is 1. The second kappa shape index (κ2) is 5.14. The SMILES string of the molecule is CNc1nc(C)cc(OCC2CCCC2)n1. The fourth-order valence-electron chi connectivity index (χ4n) is 2.11. The maximum absolute atomic E-state index is 5.72. The Balaban J connectivity index is 1.94. The third kappa shape index (κ3) is 2.84. The molecule has 0 spiro atoms. The Bertz CT molecular complexity index is 348. The summed E-state index contributed by atoms with van der Waals surface area (Å²) in [7, 11) is 1.82. The van der Waals surface area contributed by atoms with Crippen molar-refractivity contribution in [3.63, 3.8) is 0 Å². The van der Waals surface area contributed by atoms with Gasteiger partial charge < -0.3 is 10.1 Å². The number of anilines is 1. The summed E-state index contributed by atoms with van der Waals surface area (Å²) in [5.41, 5.74) is 0.931. The molecule has 1 heterocycles. The van der Waals surface area contributed by atoms with Crippen molar-refractivity contribution in [1.82, 2.24) is 9.97 Å². The van der Waals surface area contributed by atoms with Crippen LogP contribution in [-0.4, -0.2) is 23.6 Å². The summed E-state index contributed by atoms with van der Waals surface area (Å²) >= 11 is 0. The van der Waals surface area contributed by atoms with Gasteiger partial charge in [0, 0.05) is 18.8 Å². The van der Waals surface area contributed by atoms with Crippen LogP contribution in [-0.2, 0) is 0 Å². The first kappa shape index (κ1) is 11.2. The highest BCUT2D eigenvalue weighted by molar-refractivity contribution is 5.29. The molecular weight excluding hydrogens is 202 g/mol. The van der Waals surface area contributed by atoms with E-state index in [4.69, 9.17) is 4.74 Å². The van der Waals surface area contributed by atoms with Crippen LogP contribution in [0.15, 0.2) is 6.07 Å². The van der Waals surface area contributed by atoms with Gasteiger partial charge in [-0.2, -0.15) is 4.98 Å². The Hall–Kier alpha value is -1.32. The van der Waals surface area contributed by atoms with Crippen molar-refractivity contribution in [2.45, 2.75) is 32.6 Å². The highest BCUT2D eigenvalue weighted by Crippen LogP contribution is 2.25. The fourth-order valence-corrected chi connectivity index (χ4v) is 2.11. The van der Waals surface area contributed by atoms with E-state index in [0.717, 1.165) is 12.3 Å². The van der Waals surface area contributed by atoms with Crippen LogP contribution in [0.25, 0.3) is 0 Å². The molecule has 1 aromatic rings. The molecule has 16 heavy (non-hydrogen) atoms. The average molecular weight is 221 g/mol. The first-order valence-electron chi connectivity index (χ1n) is 5.94. The zero-order valence-corrected chi connectivity index (χ0v) is 9.99. The Kier molecular flexibility index (Phi) is 3.59.